The molecular formula is C28H28N2O2. The van der Waals surface area contributed by atoms with Crippen molar-refractivity contribution in [2.75, 3.05) is 24.6 Å². The zero-order chi connectivity index (χ0) is 21.1. The number of benzene rings is 2. The van der Waals surface area contributed by atoms with E-state index in [1.165, 1.54) is 23.2 Å². The Labute approximate surface area is 188 Å². The summed E-state index contributed by atoms with van der Waals surface area (Å²) in [6, 6.07) is 20.3. The van der Waals surface area contributed by atoms with Crippen molar-refractivity contribution in [3.8, 4) is 0 Å². The molecule has 0 radical (unpaired) electrons. The summed E-state index contributed by atoms with van der Waals surface area (Å²) < 4.78 is 6.51. The Hall–Kier alpha value is -2.43. The van der Waals surface area contributed by atoms with Crippen LogP contribution in [0.25, 0.3) is 0 Å². The Morgan fingerprint density at radius 1 is 1.06 bits per heavy atom. The number of rotatable bonds is 2. The molecule has 0 aromatic heterocycles. The molecule has 0 N–H and O–H groups in total. The van der Waals surface area contributed by atoms with E-state index in [0.29, 0.717) is 30.9 Å². The monoisotopic (exact) mass is 424 g/mol. The molecule has 1 spiro atoms. The van der Waals surface area contributed by atoms with Crippen molar-refractivity contribution >= 4 is 11.6 Å². The fourth-order valence-corrected chi connectivity index (χ4v) is 9.14. The molecule has 4 heteroatoms. The van der Waals surface area contributed by atoms with E-state index in [9.17, 15) is 4.79 Å². The predicted molar refractivity (Wildman–Crippen MR) is 122 cm³/mol. The van der Waals surface area contributed by atoms with Gasteiger partial charge in [-0.2, -0.15) is 0 Å². The van der Waals surface area contributed by atoms with Crippen molar-refractivity contribution < 1.29 is 9.53 Å². The molecule has 4 nitrogen and oxygen atoms in total. The van der Waals surface area contributed by atoms with Crippen molar-refractivity contribution in [3.63, 3.8) is 0 Å². The maximum absolute atomic E-state index is 14.0. The number of para-hydroxylation sites is 1. The third-order valence-electron chi connectivity index (χ3n) is 9.92. The van der Waals surface area contributed by atoms with Crippen LogP contribution in [0.4, 0.5) is 5.69 Å². The van der Waals surface area contributed by atoms with Gasteiger partial charge < -0.3 is 9.64 Å². The average Bonchev–Trinajstić information content (AvgIpc) is 3.25. The first kappa shape index (κ1) is 18.0. The molecule has 1 aliphatic carbocycles. The van der Waals surface area contributed by atoms with E-state index < -0.39 is 0 Å². The number of fused-ring (bicyclic) bond motifs is 2. The lowest BCUT2D eigenvalue weighted by molar-refractivity contribution is -0.142. The van der Waals surface area contributed by atoms with Crippen LogP contribution >= 0.6 is 0 Å². The highest BCUT2D eigenvalue weighted by Crippen LogP contribution is 2.71. The third-order valence-corrected chi connectivity index (χ3v) is 9.92. The van der Waals surface area contributed by atoms with Crippen molar-refractivity contribution in [1.29, 1.82) is 0 Å². The third kappa shape index (κ3) is 1.85. The molecule has 2 aromatic carbocycles. The molecule has 2 bridgehead atoms. The van der Waals surface area contributed by atoms with Gasteiger partial charge >= 0.3 is 0 Å². The summed E-state index contributed by atoms with van der Waals surface area (Å²) in [7, 11) is 0. The van der Waals surface area contributed by atoms with Gasteiger partial charge in [0.05, 0.1) is 24.7 Å². The lowest BCUT2D eigenvalue weighted by atomic mass is 9.45. The van der Waals surface area contributed by atoms with Crippen LogP contribution in [-0.2, 0) is 21.4 Å². The summed E-state index contributed by atoms with van der Waals surface area (Å²) in [6.07, 6.45) is 6.14. The van der Waals surface area contributed by atoms with E-state index >= 15 is 0 Å². The predicted octanol–water partition coefficient (Wildman–Crippen LogP) is 3.71. The largest absolute Gasteiger partial charge is 0.373 e. The summed E-state index contributed by atoms with van der Waals surface area (Å²) in [5, 5.41) is 0. The standard InChI is InChI=1S/C28H28N2O2/c31-25-15-23-26-20-14-24-27(11-12-29(24)17-19(20)10-13-32-23)21-8-4-5-9-22(21)30(25)28(26,27)16-18-6-2-1-3-7-18/h1-10,20,23-24,26H,11-17H2/t20-,23?,24-,26-,27+,28?/m0/s1. The molecule has 6 atom stereocenters. The molecule has 5 heterocycles. The van der Waals surface area contributed by atoms with Gasteiger partial charge in [-0.3, -0.25) is 9.69 Å². The number of piperidine rings is 2. The first-order chi connectivity index (χ1) is 15.7. The zero-order valence-electron chi connectivity index (χ0n) is 18.2. The van der Waals surface area contributed by atoms with Crippen LogP contribution in [0.1, 0.15) is 30.4 Å². The SMILES string of the molecule is O=C1CC2OCC=C3CN4CC[C@]56c7ccccc7N1C5(Cc1ccccc1)[C@H]2[C@H]3C[C@H]46. The van der Waals surface area contributed by atoms with Crippen LogP contribution in [0.15, 0.2) is 66.2 Å². The molecule has 2 unspecified atom stereocenters. The van der Waals surface area contributed by atoms with Crippen LogP contribution in [0, 0.1) is 11.8 Å². The van der Waals surface area contributed by atoms with Crippen LogP contribution in [-0.4, -0.2) is 48.2 Å². The zero-order valence-corrected chi connectivity index (χ0v) is 18.2. The summed E-state index contributed by atoms with van der Waals surface area (Å²) in [4.78, 5) is 19.0. The molecule has 1 amide bonds. The van der Waals surface area contributed by atoms with E-state index in [1.807, 2.05) is 0 Å². The normalized spacial score (nSPS) is 40.7. The Kier molecular flexibility index (Phi) is 3.34. The summed E-state index contributed by atoms with van der Waals surface area (Å²) in [6.45, 7) is 2.86. The van der Waals surface area contributed by atoms with Gasteiger partial charge in [0.15, 0.2) is 0 Å². The first-order valence-electron chi connectivity index (χ1n) is 12.3. The highest BCUT2D eigenvalue weighted by molar-refractivity contribution is 6.00. The maximum Gasteiger partial charge on any atom is 0.230 e. The molecule has 1 saturated carbocycles. The molecule has 4 fully saturated rings. The van der Waals surface area contributed by atoms with Gasteiger partial charge in [0, 0.05) is 29.6 Å². The Morgan fingerprint density at radius 2 is 1.91 bits per heavy atom. The molecular weight excluding hydrogens is 396 g/mol. The van der Waals surface area contributed by atoms with Crippen LogP contribution in [0.5, 0.6) is 0 Å². The Balaban J connectivity index is 1.48. The van der Waals surface area contributed by atoms with Gasteiger partial charge in [-0.05, 0) is 48.9 Å². The number of anilines is 1. The fourth-order valence-electron chi connectivity index (χ4n) is 9.14. The van der Waals surface area contributed by atoms with Gasteiger partial charge in [-0.15, -0.1) is 0 Å². The average molecular weight is 425 g/mol. The summed E-state index contributed by atoms with van der Waals surface area (Å²) in [5.74, 6) is 1.12. The van der Waals surface area contributed by atoms with E-state index in [0.717, 1.165) is 25.9 Å². The van der Waals surface area contributed by atoms with Gasteiger partial charge in [0.1, 0.15) is 0 Å². The van der Waals surface area contributed by atoms with Crippen molar-refractivity contribution in [2.24, 2.45) is 11.8 Å². The smallest absolute Gasteiger partial charge is 0.230 e. The van der Waals surface area contributed by atoms with Crippen LogP contribution in [0.2, 0.25) is 0 Å². The molecule has 162 valence electrons. The number of carbonyl (C=O) groups is 1. The van der Waals surface area contributed by atoms with Gasteiger partial charge in [-0.25, -0.2) is 0 Å². The number of nitrogens with zero attached hydrogens (tertiary/aromatic N) is 2. The minimum Gasteiger partial charge on any atom is -0.373 e. The first-order valence-corrected chi connectivity index (χ1v) is 12.3. The second-order valence-electron chi connectivity index (χ2n) is 10.8. The lowest BCUT2D eigenvalue weighted by Crippen LogP contribution is -2.78. The number of hydrogen-bond acceptors (Lipinski definition) is 3. The quantitative estimate of drug-likeness (QED) is 0.689. The lowest BCUT2D eigenvalue weighted by Gasteiger charge is -2.66. The summed E-state index contributed by atoms with van der Waals surface area (Å²) in [5.41, 5.74) is 5.23. The number of hydrogen-bond donors (Lipinski definition) is 0. The van der Waals surface area contributed by atoms with Crippen molar-refractivity contribution in [1.82, 2.24) is 4.90 Å². The molecule has 8 rings (SSSR count). The number of amides is 1. The molecule has 2 aromatic rings. The topological polar surface area (TPSA) is 32.8 Å². The highest BCUT2D eigenvalue weighted by atomic mass is 16.5. The van der Waals surface area contributed by atoms with Gasteiger partial charge in [0.25, 0.3) is 0 Å². The minimum absolute atomic E-state index is 0.0144. The fraction of sp³-hybridized carbons (Fsp3) is 0.464. The van der Waals surface area contributed by atoms with E-state index in [2.05, 4.69) is 70.5 Å². The van der Waals surface area contributed by atoms with E-state index in [4.69, 9.17) is 4.74 Å². The van der Waals surface area contributed by atoms with Crippen molar-refractivity contribution in [3.05, 3.63) is 77.4 Å². The Bertz CT molecular complexity index is 1170. The molecule has 5 aliphatic heterocycles. The van der Waals surface area contributed by atoms with E-state index in [-0.39, 0.29) is 23.0 Å². The minimum atomic E-state index is -0.260. The Morgan fingerprint density at radius 3 is 2.81 bits per heavy atom. The second kappa shape index (κ2) is 5.92. The molecule has 3 saturated heterocycles. The van der Waals surface area contributed by atoms with Crippen LogP contribution in [0.3, 0.4) is 0 Å². The molecule has 6 aliphatic rings. The van der Waals surface area contributed by atoms with Crippen molar-refractivity contribution in [2.45, 2.75) is 48.8 Å². The number of carbonyl (C=O) groups excluding carboxylic acids is 1. The van der Waals surface area contributed by atoms with E-state index in [1.54, 1.807) is 5.57 Å². The molecule has 32 heavy (non-hydrogen) atoms. The maximum atomic E-state index is 14.0. The summed E-state index contributed by atoms with van der Waals surface area (Å²) >= 11 is 0. The van der Waals surface area contributed by atoms with Gasteiger partial charge in [-0.1, -0.05) is 60.2 Å². The van der Waals surface area contributed by atoms with Gasteiger partial charge in [0.2, 0.25) is 5.91 Å². The number of ether oxygens (including phenoxy) is 1. The highest BCUT2D eigenvalue weighted by Gasteiger charge is 2.78. The second-order valence-corrected chi connectivity index (χ2v) is 10.8. The van der Waals surface area contributed by atoms with Crippen LogP contribution < -0.4 is 4.90 Å².